The van der Waals surface area contributed by atoms with Gasteiger partial charge in [-0.25, -0.2) is 0 Å². The zero-order valence-electron chi connectivity index (χ0n) is 11.5. The third-order valence-electron chi connectivity index (χ3n) is 2.99. The number of carbonyl (C=O) groups is 1. The summed E-state index contributed by atoms with van der Waals surface area (Å²) in [6, 6.07) is 3.12. The minimum absolute atomic E-state index is 0.0840. The number of anilines is 1. The lowest BCUT2D eigenvalue weighted by molar-refractivity contribution is -0.274. The molecule has 1 rings (SSSR count). The normalized spacial score (nSPS) is 14.4. The maximum absolute atomic E-state index is 12.4. The van der Waals surface area contributed by atoms with Crippen molar-refractivity contribution in [3.05, 3.63) is 22.7 Å². The van der Waals surface area contributed by atoms with Gasteiger partial charge in [0.2, 0.25) is 5.91 Å². The summed E-state index contributed by atoms with van der Waals surface area (Å²) in [6.45, 7) is 3.66. The molecule has 118 valence electrons. The van der Waals surface area contributed by atoms with Crippen molar-refractivity contribution in [1.82, 2.24) is 0 Å². The van der Waals surface area contributed by atoms with Crippen LogP contribution < -0.4 is 15.8 Å². The summed E-state index contributed by atoms with van der Waals surface area (Å²) >= 11 is 3.05. The standard InChI is InChI=1S/C13H16BrF3N2O2/c1-3-7(2)11(18)12(20)19-9-5-4-8(14)6-10(9)21-13(15,16)17/h4-7,11H,3,18H2,1-2H3,(H,19,20)/t7?,11-/m0/s1. The van der Waals surface area contributed by atoms with Crippen LogP contribution in [0.5, 0.6) is 5.75 Å². The Morgan fingerprint density at radius 3 is 2.62 bits per heavy atom. The summed E-state index contributed by atoms with van der Waals surface area (Å²) in [6.07, 6.45) is -4.17. The van der Waals surface area contributed by atoms with Gasteiger partial charge in [-0.15, -0.1) is 13.2 Å². The van der Waals surface area contributed by atoms with E-state index in [-0.39, 0.29) is 11.6 Å². The van der Waals surface area contributed by atoms with Gasteiger partial charge in [0.05, 0.1) is 11.7 Å². The molecule has 1 unspecified atom stereocenters. The Kier molecular flexibility index (Phi) is 6.03. The molecule has 0 heterocycles. The average molecular weight is 369 g/mol. The quantitative estimate of drug-likeness (QED) is 0.833. The van der Waals surface area contributed by atoms with Gasteiger partial charge in [0.15, 0.2) is 5.75 Å². The van der Waals surface area contributed by atoms with E-state index < -0.39 is 24.1 Å². The number of carbonyl (C=O) groups excluding carboxylic acids is 1. The van der Waals surface area contributed by atoms with Gasteiger partial charge in [-0.1, -0.05) is 36.2 Å². The molecule has 0 fully saturated rings. The van der Waals surface area contributed by atoms with E-state index in [4.69, 9.17) is 5.73 Å². The maximum atomic E-state index is 12.4. The molecule has 1 amide bonds. The molecule has 0 saturated carbocycles. The first-order valence-electron chi connectivity index (χ1n) is 6.25. The molecule has 3 N–H and O–H groups in total. The predicted molar refractivity (Wildman–Crippen MR) is 76.9 cm³/mol. The Balaban J connectivity index is 2.95. The molecule has 0 bridgehead atoms. The zero-order valence-corrected chi connectivity index (χ0v) is 13.1. The molecule has 0 aliphatic heterocycles. The van der Waals surface area contributed by atoms with Crippen molar-refractivity contribution in [2.24, 2.45) is 11.7 Å². The number of hydrogen-bond acceptors (Lipinski definition) is 3. The summed E-state index contributed by atoms with van der Waals surface area (Å²) in [5, 5.41) is 2.37. The first-order valence-corrected chi connectivity index (χ1v) is 7.05. The molecule has 0 aliphatic rings. The number of nitrogens with two attached hydrogens (primary N) is 1. The molecular weight excluding hydrogens is 353 g/mol. The molecular formula is C13H16BrF3N2O2. The fraction of sp³-hybridized carbons (Fsp3) is 0.462. The van der Waals surface area contributed by atoms with Crippen LogP contribution >= 0.6 is 15.9 Å². The van der Waals surface area contributed by atoms with Crippen molar-refractivity contribution in [3.63, 3.8) is 0 Å². The second-order valence-corrected chi connectivity index (χ2v) is 5.50. The largest absolute Gasteiger partial charge is 0.573 e. The van der Waals surface area contributed by atoms with Gasteiger partial charge in [0, 0.05) is 4.47 Å². The Hall–Kier alpha value is -1.28. The molecule has 8 heteroatoms. The van der Waals surface area contributed by atoms with Gasteiger partial charge in [-0.3, -0.25) is 4.79 Å². The second-order valence-electron chi connectivity index (χ2n) is 4.59. The Bertz CT molecular complexity index is 509. The lowest BCUT2D eigenvalue weighted by Crippen LogP contribution is -2.40. The first-order chi connectivity index (χ1) is 9.64. The van der Waals surface area contributed by atoms with Crippen LogP contribution in [0.3, 0.4) is 0 Å². The smallest absolute Gasteiger partial charge is 0.404 e. The molecule has 0 aliphatic carbocycles. The minimum atomic E-state index is -4.85. The lowest BCUT2D eigenvalue weighted by Gasteiger charge is -2.19. The summed E-state index contributed by atoms with van der Waals surface area (Å²) in [4.78, 5) is 11.9. The summed E-state index contributed by atoms with van der Waals surface area (Å²) < 4.78 is 41.4. The van der Waals surface area contributed by atoms with Gasteiger partial charge in [0.1, 0.15) is 0 Å². The molecule has 0 aromatic heterocycles. The van der Waals surface area contributed by atoms with Crippen molar-refractivity contribution in [2.45, 2.75) is 32.7 Å². The van der Waals surface area contributed by atoms with Crippen LogP contribution in [0.15, 0.2) is 22.7 Å². The van der Waals surface area contributed by atoms with Crippen molar-refractivity contribution >= 4 is 27.5 Å². The highest BCUT2D eigenvalue weighted by Gasteiger charge is 2.32. The highest BCUT2D eigenvalue weighted by molar-refractivity contribution is 9.10. The predicted octanol–water partition coefficient (Wildman–Crippen LogP) is 3.66. The highest BCUT2D eigenvalue weighted by atomic mass is 79.9. The van der Waals surface area contributed by atoms with E-state index in [2.05, 4.69) is 26.0 Å². The maximum Gasteiger partial charge on any atom is 0.573 e. The Morgan fingerprint density at radius 2 is 2.10 bits per heavy atom. The van der Waals surface area contributed by atoms with Gasteiger partial charge in [-0.2, -0.15) is 0 Å². The molecule has 21 heavy (non-hydrogen) atoms. The van der Waals surface area contributed by atoms with E-state index in [1.165, 1.54) is 12.1 Å². The van der Waals surface area contributed by atoms with Crippen LogP contribution in [0, 0.1) is 5.92 Å². The van der Waals surface area contributed by atoms with Gasteiger partial charge >= 0.3 is 6.36 Å². The topological polar surface area (TPSA) is 64.4 Å². The van der Waals surface area contributed by atoms with E-state index in [0.29, 0.717) is 10.9 Å². The third kappa shape index (κ3) is 5.55. The molecule has 0 spiro atoms. The SMILES string of the molecule is CCC(C)[C@H](N)C(=O)Nc1ccc(Br)cc1OC(F)(F)F. The number of rotatable bonds is 5. The van der Waals surface area contributed by atoms with E-state index in [1.807, 2.05) is 6.92 Å². The van der Waals surface area contributed by atoms with E-state index in [0.717, 1.165) is 6.07 Å². The van der Waals surface area contributed by atoms with Gasteiger partial charge in [0.25, 0.3) is 0 Å². The number of hydrogen-bond donors (Lipinski definition) is 2. The van der Waals surface area contributed by atoms with Crippen LogP contribution in [0.25, 0.3) is 0 Å². The van der Waals surface area contributed by atoms with Crippen LogP contribution in [0.2, 0.25) is 0 Å². The number of halogens is 4. The fourth-order valence-electron chi connectivity index (χ4n) is 1.54. The zero-order chi connectivity index (χ0) is 16.2. The third-order valence-corrected chi connectivity index (χ3v) is 3.48. The molecule has 4 nitrogen and oxygen atoms in total. The van der Waals surface area contributed by atoms with Crippen molar-refractivity contribution in [3.8, 4) is 5.75 Å². The van der Waals surface area contributed by atoms with Gasteiger partial charge in [-0.05, 0) is 24.1 Å². The molecule has 2 atom stereocenters. The number of benzene rings is 1. The minimum Gasteiger partial charge on any atom is -0.404 e. The average Bonchev–Trinajstić information content (AvgIpc) is 2.38. The second kappa shape index (κ2) is 7.13. The Morgan fingerprint density at radius 1 is 1.48 bits per heavy atom. The number of ether oxygens (including phenoxy) is 1. The van der Waals surface area contributed by atoms with Crippen molar-refractivity contribution in [1.29, 1.82) is 0 Å². The number of alkyl halides is 3. The number of nitrogens with one attached hydrogen (secondary N) is 1. The van der Waals surface area contributed by atoms with Crippen molar-refractivity contribution in [2.75, 3.05) is 5.32 Å². The van der Waals surface area contributed by atoms with E-state index in [9.17, 15) is 18.0 Å². The summed E-state index contributed by atoms with van der Waals surface area (Å²) in [5.74, 6) is -1.15. The van der Waals surface area contributed by atoms with Crippen LogP contribution in [0.4, 0.5) is 18.9 Å². The van der Waals surface area contributed by atoms with Gasteiger partial charge < -0.3 is 15.8 Å². The monoisotopic (exact) mass is 368 g/mol. The van der Waals surface area contributed by atoms with Crippen LogP contribution in [0.1, 0.15) is 20.3 Å². The van der Waals surface area contributed by atoms with Crippen LogP contribution in [-0.2, 0) is 4.79 Å². The van der Waals surface area contributed by atoms with Crippen LogP contribution in [-0.4, -0.2) is 18.3 Å². The lowest BCUT2D eigenvalue weighted by atomic mass is 9.99. The molecule has 1 aromatic carbocycles. The molecule has 0 radical (unpaired) electrons. The number of amides is 1. The molecule has 1 aromatic rings. The summed E-state index contributed by atoms with van der Waals surface area (Å²) in [7, 11) is 0. The fourth-order valence-corrected chi connectivity index (χ4v) is 1.88. The summed E-state index contributed by atoms with van der Waals surface area (Å²) in [5.41, 5.74) is 5.66. The van der Waals surface area contributed by atoms with Crippen molar-refractivity contribution < 1.29 is 22.7 Å². The van der Waals surface area contributed by atoms with E-state index >= 15 is 0 Å². The van der Waals surface area contributed by atoms with E-state index in [1.54, 1.807) is 6.92 Å². The Labute approximate surface area is 129 Å². The molecule has 0 saturated heterocycles. The highest BCUT2D eigenvalue weighted by Crippen LogP contribution is 2.33. The first kappa shape index (κ1) is 17.8.